The molecule has 0 fully saturated rings. The standard InChI is InChI=1S/C29H18ClF5N4O4/c30-20-8-14(12-36)3-5-18(20)19-6-4-15(17-2-1-7-37-25(17)19)11-23(28(42)43)39-27(41)24-21(31)9-16(10-22(24)32)26(40)38-13-29(33,34)35/h1-10,23H,11,13H2,(H,38,40)(H,39,41)(H,42,43). The van der Waals surface area contributed by atoms with Gasteiger partial charge in [-0.05, 0) is 35.9 Å². The van der Waals surface area contributed by atoms with Gasteiger partial charge in [-0.3, -0.25) is 14.6 Å². The highest BCUT2D eigenvalue weighted by Gasteiger charge is 2.30. The molecule has 0 spiro atoms. The molecule has 0 saturated heterocycles. The van der Waals surface area contributed by atoms with Crippen molar-refractivity contribution in [1.29, 1.82) is 5.26 Å². The van der Waals surface area contributed by atoms with Gasteiger partial charge < -0.3 is 15.7 Å². The van der Waals surface area contributed by atoms with E-state index in [-0.39, 0.29) is 11.4 Å². The van der Waals surface area contributed by atoms with Crippen LogP contribution in [0, 0.1) is 23.0 Å². The van der Waals surface area contributed by atoms with Crippen LogP contribution in [0.5, 0.6) is 0 Å². The summed E-state index contributed by atoms with van der Waals surface area (Å²) in [5.74, 6) is -7.60. The number of carbonyl (C=O) groups excluding carboxylic acids is 2. The van der Waals surface area contributed by atoms with Crippen LogP contribution < -0.4 is 10.6 Å². The van der Waals surface area contributed by atoms with Gasteiger partial charge in [-0.25, -0.2) is 13.6 Å². The average molecular weight is 617 g/mol. The zero-order valence-corrected chi connectivity index (χ0v) is 22.4. The highest BCUT2D eigenvalue weighted by Crippen LogP contribution is 2.35. The van der Waals surface area contributed by atoms with Crippen molar-refractivity contribution >= 4 is 40.3 Å². The smallest absolute Gasteiger partial charge is 0.405 e. The van der Waals surface area contributed by atoms with E-state index in [1.807, 2.05) is 11.4 Å². The monoisotopic (exact) mass is 616 g/mol. The molecule has 3 aromatic carbocycles. The first kappa shape index (κ1) is 30.9. The number of nitrogens with one attached hydrogen (secondary N) is 2. The van der Waals surface area contributed by atoms with E-state index in [1.165, 1.54) is 17.6 Å². The zero-order valence-electron chi connectivity index (χ0n) is 21.6. The third-order valence-corrected chi connectivity index (χ3v) is 6.57. The maximum atomic E-state index is 14.7. The van der Waals surface area contributed by atoms with Crippen molar-refractivity contribution in [2.75, 3.05) is 6.54 Å². The van der Waals surface area contributed by atoms with Gasteiger partial charge in [0.2, 0.25) is 0 Å². The molecule has 3 N–H and O–H groups in total. The van der Waals surface area contributed by atoms with Crippen LogP contribution in [-0.4, -0.2) is 46.6 Å². The van der Waals surface area contributed by atoms with Gasteiger partial charge in [-0.2, -0.15) is 18.4 Å². The Labute approximate surface area is 244 Å². The number of carboxylic acid groups (broad SMARTS) is 1. The van der Waals surface area contributed by atoms with Crippen molar-refractivity contribution in [3.8, 4) is 17.2 Å². The molecule has 1 aromatic heterocycles. The van der Waals surface area contributed by atoms with Crippen molar-refractivity contribution < 1.29 is 41.4 Å². The van der Waals surface area contributed by atoms with E-state index in [0.29, 0.717) is 45.3 Å². The van der Waals surface area contributed by atoms with E-state index < -0.39 is 59.3 Å². The number of amides is 2. The highest BCUT2D eigenvalue weighted by molar-refractivity contribution is 6.33. The van der Waals surface area contributed by atoms with Gasteiger partial charge >= 0.3 is 12.1 Å². The van der Waals surface area contributed by atoms with Gasteiger partial charge in [0.15, 0.2) is 0 Å². The molecule has 0 radical (unpaired) electrons. The highest BCUT2D eigenvalue weighted by atomic mass is 35.5. The zero-order chi connectivity index (χ0) is 31.5. The number of fused-ring (bicyclic) bond motifs is 1. The first-order valence-electron chi connectivity index (χ1n) is 12.2. The lowest BCUT2D eigenvalue weighted by Gasteiger charge is -2.18. The first-order chi connectivity index (χ1) is 20.3. The number of halogens is 6. The maximum absolute atomic E-state index is 14.7. The molecule has 1 unspecified atom stereocenters. The Balaban J connectivity index is 1.61. The van der Waals surface area contributed by atoms with Crippen LogP contribution in [0.4, 0.5) is 22.0 Å². The van der Waals surface area contributed by atoms with Crippen LogP contribution in [0.25, 0.3) is 22.0 Å². The minimum absolute atomic E-state index is 0.280. The van der Waals surface area contributed by atoms with Crippen molar-refractivity contribution in [2.24, 2.45) is 0 Å². The molecule has 43 heavy (non-hydrogen) atoms. The van der Waals surface area contributed by atoms with Gasteiger partial charge in [-0.15, -0.1) is 0 Å². The fourth-order valence-corrected chi connectivity index (χ4v) is 4.57. The van der Waals surface area contributed by atoms with E-state index in [2.05, 4.69) is 4.98 Å². The van der Waals surface area contributed by atoms with Gasteiger partial charge in [0.25, 0.3) is 11.8 Å². The maximum Gasteiger partial charge on any atom is 0.405 e. The van der Waals surface area contributed by atoms with E-state index in [1.54, 1.807) is 36.4 Å². The van der Waals surface area contributed by atoms with Crippen LogP contribution in [0.2, 0.25) is 5.02 Å². The van der Waals surface area contributed by atoms with Crippen molar-refractivity contribution in [3.05, 3.63) is 99.7 Å². The molecule has 0 saturated carbocycles. The normalized spacial score (nSPS) is 11.9. The molecular formula is C29H18ClF5N4O4. The fraction of sp³-hybridized carbons (Fsp3) is 0.138. The summed E-state index contributed by atoms with van der Waals surface area (Å²) >= 11 is 6.38. The Morgan fingerprint density at radius 2 is 1.67 bits per heavy atom. The van der Waals surface area contributed by atoms with E-state index in [4.69, 9.17) is 16.9 Å². The molecule has 0 aliphatic heterocycles. The predicted octanol–water partition coefficient (Wildman–Crippen LogP) is 5.42. The number of carboxylic acids is 1. The summed E-state index contributed by atoms with van der Waals surface area (Å²) in [7, 11) is 0. The first-order valence-corrected chi connectivity index (χ1v) is 12.6. The Morgan fingerprint density at radius 1 is 1.00 bits per heavy atom. The number of aromatic nitrogens is 1. The van der Waals surface area contributed by atoms with Gasteiger partial charge in [0.05, 0.1) is 17.1 Å². The van der Waals surface area contributed by atoms with Crippen LogP contribution in [0.15, 0.2) is 60.8 Å². The number of nitrogens with zero attached hydrogens (tertiary/aromatic N) is 2. The third-order valence-electron chi connectivity index (χ3n) is 6.26. The Bertz CT molecular complexity index is 1780. The molecule has 8 nitrogen and oxygen atoms in total. The van der Waals surface area contributed by atoms with Crippen LogP contribution in [0.3, 0.4) is 0 Å². The molecule has 0 aliphatic rings. The second kappa shape index (κ2) is 12.4. The molecule has 2 amide bonds. The lowest BCUT2D eigenvalue weighted by molar-refractivity contribution is -0.139. The van der Waals surface area contributed by atoms with Crippen LogP contribution in [-0.2, 0) is 11.2 Å². The summed E-state index contributed by atoms with van der Waals surface area (Å²) in [5, 5.41) is 23.2. The van der Waals surface area contributed by atoms with E-state index in [0.717, 1.165) is 0 Å². The summed E-state index contributed by atoms with van der Waals surface area (Å²) in [4.78, 5) is 41.1. The molecule has 14 heteroatoms. The number of benzene rings is 3. The molecule has 4 rings (SSSR count). The Kier molecular flexibility index (Phi) is 8.91. The second-order valence-corrected chi connectivity index (χ2v) is 9.57. The molecule has 4 aromatic rings. The number of aliphatic carboxylic acids is 1. The number of pyridine rings is 1. The number of nitriles is 1. The number of rotatable bonds is 8. The quantitative estimate of drug-likeness (QED) is 0.227. The predicted molar refractivity (Wildman–Crippen MR) is 144 cm³/mol. The lowest BCUT2D eigenvalue weighted by atomic mass is 9.94. The van der Waals surface area contributed by atoms with E-state index in [9.17, 15) is 41.4 Å². The lowest BCUT2D eigenvalue weighted by Crippen LogP contribution is -2.43. The minimum atomic E-state index is -4.77. The summed E-state index contributed by atoms with van der Waals surface area (Å²) < 4.78 is 66.4. The van der Waals surface area contributed by atoms with E-state index >= 15 is 0 Å². The Morgan fingerprint density at radius 3 is 2.28 bits per heavy atom. The molecule has 220 valence electrons. The summed E-state index contributed by atoms with van der Waals surface area (Å²) in [6.07, 6.45) is -3.61. The van der Waals surface area contributed by atoms with Crippen LogP contribution in [0.1, 0.15) is 31.8 Å². The number of hydrogen-bond acceptors (Lipinski definition) is 5. The molecule has 0 aliphatic carbocycles. The average Bonchev–Trinajstić information content (AvgIpc) is 2.95. The SMILES string of the molecule is N#Cc1ccc(-c2ccc(CC(NC(=O)c3c(F)cc(C(=O)NCC(F)(F)F)cc3F)C(=O)O)c3cccnc23)c(Cl)c1. The topological polar surface area (TPSA) is 132 Å². The minimum Gasteiger partial charge on any atom is -0.480 e. The van der Waals surface area contributed by atoms with Crippen LogP contribution >= 0.6 is 11.6 Å². The third kappa shape index (κ3) is 7.04. The summed E-state index contributed by atoms with van der Waals surface area (Å²) in [6, 6.07) is 12.2. The fourth-order valence-electron chi connectivity index (χ4n) is 4.28. The summed E-state index contributed by atoms with van der Waals surface area (Å²) in [5.41, 5.74) is 0.270. The summed E-state index contributed by atoms with van der Waals surface area (Å²) in [6.45, 7) is -1.75. The van der Waals surface area contributed by atoms with Gasteiger partial charge in [0, 0.05) is 39.7 Å². The number of hydrogen-bond donors (Lipinski definition) is 3. The number of carbonyl (C=O) groups is 3. The van der Waals surface area contributed by atoms with Gasteiger partial charge in [0.1, 0.15) is 29.8 Å². The molecule has 0 bridgehead atoms. The second-order valence-electron chi connectivity index (χ2n) is 9.16. The largest absolute Gasteiger partial charge is 0.480 e. The number of alkyl halides is 3. The van der Waals surface area contributed by atoms with Crippen molar-refractivity contribution in [2.45, 2.75) is 18.6 Å². The Hall–Kier alpha value is -5.09. The molecule has 1 heterocycles. The van der Waals surface area contributed by atoms with Crippen molar-refractivity contribution in [3.63, 3.8) is 0 Å². The van der Waals surface area contributed by atoms with Crippen molar-refractivity contribution in [1.82, 2.24) is 15.6 Å². The van der Waals surface area contributed by atoms with Gasteiger partial charge in [-0.1, -0.05) is 35.9 Å². The molecular weight excluding hydrogens is 599 g/mol. The molecule has 1 atom stereocenters.